The van der Waals surface area contributed by atoms with Crippen molar-refractivity contribution in [3.05, 3.63) is 66.0 Å². The number of rotatable bonds is 7. The number of halogens is 1. The van der Waals surface area contributed by atoms with Crippen molar-refractivity contribution < 1.29 is 18.8 Å². The van der Waals surface area contributed by atoms with Crippen LogP contribution in [0.2, 0.25) is 0 Å². The molecule has 1 fully saturated rings. The molecule has 3 amide bonds. The summed E-state index contributed by atoms with van der Waals surface area (Å²) in [5.41, 5.74) is 6.99. The number of nitrogens with one attached hydrogen (secondary N) is 1. The number of nitrogens with two attached hydrogens (primary N) is 1. The molecule has 2 heterocycles. The zero-order chi connectivity index (χ0) is 23.4. The highest BCUT2D eigenvalue weighted by Crippen LogP contribution is 2.25. The van der Waals surface area contributed by atoms with E-state index in [1.165, 1.54) is 29.3 Å². The van der Waals surface area contributed by atoms with Gasteiger partial charge in [-0.05, 0) is 42.7 Å². The summed E-state index contributed by atoms with van der Waals surface area (Å²) in [6.45, 7) is 1.34. The lowest BCUT2D eigenvalue weighted by atomic mass is 10.0. The Bertz CT molecular complexity index is 1050. The first kappa shape index (κ1) is 22.4. The van der Waals surface area contributed by atoms with Crippen molar-refractivity contribution in [2.75, 3.05) is 18.1 Å². The molecule has 2 aliphatic rings. The smallest absolute Gasteiger partial charge is 0.268 e. The first-order valence-corrected chi connectivity index (χ1v) is 11.0. The fourth-order valence-electron chi connectivity index (χ4n) is 4.15. The number of carbonyl (C=O) groups excluding carboxylic acids is 3. The van der Waals surface area contributed by atoms with E-state index in [2.05, 4.69) is 10.4 Å². The lowest BCUT2D eigenvalue weighted by Gasteiger charge is -2.24. The highest BCUT2D eigenvalue weighted by atomic mass is 19.1. The predicted molar refractivity (Wildman–Crippen MR) is 122 cm³/mol. The first-order chi connectivity index (χ1) is 15.9. The third kappa shape index (κ3) is 5.19. The maximum Gasteiger partial charge on any atom is 0.268 e. The van der Waals surface area contributed by atoms with E-state index in [0.29, 0.717) is 25.2 Å². The number of anilines is 1. The van der Waals surface area contributed by atoms with E-state index in [0.717, 1.165) is 18.4 Å². The van der Waals surface area contributed by atoms with Crippen molar-refractivity contribution in [2.45, 2.75) is 37.8 Å². The van der Waals surface area contributed by atoms with Crippen molar-refractivity contribution in [3.63, 3.8) is 0 Å². The highest BCUT2D eigenvalue weighted by Gasteiger charge is 2.37. The van der Waals surface area contributed by atoms with Crippen molar-refractivity contribution in [1.29, 1.82) is 0 Å². The fourth-order valence-corrected chi connectivity index (χ4v) is 4.15. The molecule has 4 rings (SSSR count). The number of carbonyl (C=O) groups is 3. The Balaban J connectivity index is 1.54. The van der Waals surface area contributed by atoms with Gasteiger partial charge in [0.2, 0.25) is 11.8 Å². The van der Waals surface area contributed by atoms with Crippen LogP contribution in [0.3, 0.4) is 0 Å². The Hall–Kier alpha value is -3.75. The maximum atomic E-state index is 13.3. The zero-order valence-electron chi connectivity index (χ0n) is 18.1. The summed E-state index contributed by atoms with van der Waals surface area (Å²) in [4.78, 5) is 40.0. The van der Waals surface area contributed by atoms with Gasteiger partial charge >= 0.3 is 0 Å². The van der Waals surface area contributed by atoms with Gasteiger partial charge < -0.3 is 16.0 Å². The van der Waals surface area contributed by atoms with Crippen LogP contribution in [0.15, 0.2) is 59.7 Å². The number of likely N-dealkylation sites (tertiary alicyclic amines) is 1. The van der Waals surface area contributed by atoms with Gasteiger partial charge in [-0.25, -0.2) is 4.39 Å². The SMILES string of the molecule is NC(=O)C1CC(C(=O)NC(Cc2ccccc2)C(=O)N2CCCC2)=NN1c1ccc(F)cc1. The largest absolute Gasteiger partial charge is 0.368 e. The van der Waals surface area contributed by atoms with E-state index in [1.54, 1.807) is 4.90 Å². The molecule has 0 spiro atoms. The van der Waals surface area contributed by atoms with Gasteiger partial charge in [-0.3, -0.25) is 19.4 Å². The molecule has 2 aromatic rings. The van der Waals surface area contributed by atoms with Crippen LogP contribution in [0.1, 0.15) is 24.8 Å². The number of primary amides is 1. The van der Waals surface area contributed by atoms with Gasteiger partial charge in [0.25, 0.3) is 5.91 Å². The number of nitrogens with zero attached hydrogens (tertiary/aromatic N) is 3. The lowest BCUT2D eigenvalue weighted by molar-refractivity contribution is -0.134. The Labute approximate surface area is 191 Å². The second-order valence-electron chi connectivity index (χ2n) is 8.24. The number of hydrogen-bond acceptors (Lipinski definition) is 5. The molecule has 0 radical (unpaired) electrons. The molecular weight excluding hydrogens is 425 g/mol. The molecule has 2 unspecified atom stereocenters. The number of amides is 3. The van der Waals surface area contributed by atoms with E-state index in [4.69, 9.17) is 5.73 Å². The minimum absolute atomic E-state index is 0.00545. The Morgan fingerprint density at radius 1 is 1.06 bits per heavy atom. The quantitative estimate of drug-likeness (QED) is 0.667. The van der Waals surface area contributed by atoms with Crippen LogP contribution in [0.5, 0.6) is 0 Å². The molecule has 0 saturated carbocycles. The van der Waals surface area contributed by atoms with E-state index in [1.807, 2.05) is 30.3 Å². The van der Waals surface area contributed by atoms with Gasteiger partial charge in [0, 0.05) is 25.9 Å². The second kappa shape index (κ2) is 9.81. The molecule has 0 bridgehead atoms. The molecule has 9 heteroatoms. The van der Waals surface area contributed by atoms with Crippen molar-refractivity contribution in [3.8, 4) is 0 Å². The normalized spacial score (nSPS) is 18.7. The average Bonchev–Trinajstić information content (AvgIpc) is 3.50. The number of hydrazone groups is 1. The van der Waals surface area contributed by atoms with Crippen LogP contribution in [0.4, 0.5) is 10.1 Å². The highest BCUT2D eigenvalue weighted by molar-refractivity contribution is 6.40. The maximum absolute atomic E-state index is 13.3. The summed E-state index contributed by atoms with van der Waals surface area (Å²) in [6.07, 6.45) is 2.22. The first-order valence-electron chi connectivity index (χ1n) is 11.0. The van der Waals surface area contributed by atoms with Gasteiger partial charge in [-0.2, -0.15) is 5.10 Å². The summed E-state index contributed by atoms with van der Waals surface area (Å²) < 4.78 is 13.3. The standard InChI is InChI=1S/C24H26FN5O3/c25-17-8-10-18(11-9-17)30-21(22(26)31)15-19(28-30)23(32)27-20(14-16-6-2-1-3-7-16)24(33)29-12-4-5-13-29/h1-3,6-11,20-21H,4-5,12-15H2,(H2,26,31)(H,27,32). The molecule has 3 N–H and O–H groups in total. The lowest BCUT2D eigenvalue weighted by Crippen LogP contribution is -2.50. The summed E-state index contributed by atoms with van der Waals surface area (Å²) in [7, 11) is 0. The molecule has 8 nitrogen and oxygen atoms in total. The van der Waals surface area contributed by atoms with E-state index in [9.17, 15) is 18.8 Å². The van der Waals surface area contributed by atoms with E-state index >= 15 is 0 Å². The fraction of sp³-hybridized carbons (Fsp3) is 0.333. The Morgan fingerprint density at radius 2 is 1.73 bits per heavy atom. The minimum Gasteiger partial charge on any atom is -0.368 e. The van der Waals surface area contributed by atoms with Crippen LogP contribution < -0.4 is 16.1 Å². The minimum atomic E-state index is -0.877. The summed E-state index contributed by atoms with van der Waals surface area (Å²) in [5, 5.41) is 8.45. The Kier molecular flexibility index (Phi) is 6.67. The molecule has 0 aromatic heterocycles. The predicted octanol–water partition coefficient (Wildman–Crippen LogP) is 1.60. The summed E-state index contributed by atoms with van der Waals surface area (Å²) in [6, 6.07) is 13.2. The van der Waals surface area contributed by atoms with Gasteiger partial charge in [0.15, 0.2) is 0 Å². The molecule has 0 aliphatic carbocycles. The molecule has 2 aromatic carbocycles. The second-order valence-corrected chi connectivity index (χ2v) is 8.24. The van der Waals surface area contributed by atoms with Gasteiger partial charge in [-0.1, -0.05) is 30.3 Å². The van der Waals surface area contributed by atoms with Crippen molar-refractivity contribution >= 4 is 29.1 Å². The molecular formula is C24H26FN5O3. The molecule has 2 aliphatic heterocycles. The van der Waals surface area contributed by atoms with Gasteiger partial charge in [-0.15, -0.1) is 0 Å². The third-order valence-corrected chi connectivity index (χ3v) is 5.90. The van der Waals surface area contributed by atoms with Gasteiger partial charge in [0.05, 0.1) is 5.69 Å². The molecule has 1 saturated heterocycles. The number of hydrogen-bond donors (Lipinski definition) is 2. The van der Waals surface area contributed by atoms with Crippen LogP contribution in [-0.2, 0) is 20.8 Å². The summed E-state index contributed by atoms with van der Waals surface area (Å²) >= 11 is 0. The topological polar surface area (TPSA) is 108 Å². The van der Waals surface area contributed by atoms with Crippen LogP contribution in [-0.4, -0.2) is 53.5 Å². The monoisotopic (exact) mass is 451 g/mol. The summed E-state index contributed by atoms with van der Waals surface area (Å²) in [5.74, 6) is -1.75. The van der Waals surface area contributed by atoms with E-state index < -0.39 is 29.7 Å². The van der Waals surface area contributed by atoms with Crippen LogP contribution in [0.25, 0.3) is 0 Å². The average molecular weight is 452 g/mol. The van der Waals surface area contributed by atoms with Crippen molar-refractivity contribution in [2.24, 2.45) is 10.8 Å². The number of benzene rings is 2. The Morgan fingerprint density at radius 3 is 2.36 bits per heavy atom. The van der Waals surface area contributed by atoms with Crippen molar-refractivity contribution in [1.82, 2.24) is 10.2 Å². The zero-order valence-corrected chi connectivity index (χ0v) is 18.1. The third-order valence-electron chi connectivity index (χ3n) is 5.90. The molecule has 33 heavy (non-hydrogen) atoms. The van der Waals surface area contributed by atoms with Crippen LogP contribution >= 0.6 is 0 Å². The van der Waals surface area contributed by atoms with E-state index in [-0.39, 0.29) is 18.0 Å². The van der Waals surface area contributed by atoms with Crippen LogP contribution in [0, 0.1) is 5.82 Å². The molecule has 172 valence electrons. The van der Waals surface area contributed by atoms with Gasteiger partial charge in [0.1, 0.15) is 23.6 Å². The molecule has 2 atom stereocenters.